The highest BCUT2D eigenvalue weighted by Crippen LogP contribution is 2.26. The van der Waals surface area contributed by atoms with Crippen molar-refractivity contribution in [1.82, 2.24) is 10.6 Å². The Morgan fingerprint density at radius 1 is 1.39 bits per heavy atom. The molecular weight excluding hydrogens is 228 g/mol. The van der Waals surface area contributed by atoms with Gasteiger partial charge in [-0.05, 0) is 17.5 Å². The SMILES string of the molecule is O=C1CC(NCC2OCCc3ccccc32)CN1. The first-order chi connectivity index (χ1) is 8.83. The molecule has 1 fully saturated rings. The fraction of sp³-hybridized carbons (Fsp3) is 0.500. The highest BCUT2D eigenvalue weighted by atomic mass is 16.5. The molecule has 18 heavy (non-hydrogen) atoms. The number of ether oxygens (including phenoxy) is 1. The van der Waals surface area contributed by atoms with Gasteiger partial charge in [-0.3, -0.25) is 4.79 Å². The van der Waals surface area contributed by atoms with Gasteiger partial charge in [-0.2, -0.15) is 0 Å². The van der Waals surface area contributed by atoms with Crippen molar-refractivity contribution in [1.29, 1.82) is 0 Å². The Balaban J connectivity index is 1.62. The van der Waals surface area contributed by atoms with E-state index in [9.17, 15) is 4.79 Å². The van der Waals surface area contributed by atoms with Gasteiger partial charge in [-0.25, -0.2) is 0 Å². The van der Waals surface area contributed by atoms with Gasteiger partial charge in [-0.15, -0.1) is 0 Å². The molecule has 96 valence electrons. The Labute approximate surface area is 107 Å². The number of amides is 1. The van der Waals surface area contributed by atoms with Gasteiger partial charge in [0.05, 0.1) is 12.7 Å². The summed E-state index contributed by atoms with van der Waals surface area (Å²) in [5, 5.41) is 6.25. The molecular formula is C14H18N2O2. The third kappa shape index (κ3) is 2.40. The summed E-state index contributed by atoms with van der Waals surface area (Å²) in [5.41, 5.74) is 2.67. The van der Waals surface area contributed by atoms with Crippen molar-refractivity contribution in [2.24, 2.45) is 0 Å². The van der Waals surface area contributed by atoms with Crippen LogP contribution in [0.1, 0.15) is 23.7 Å². The third-order valence-corrected chi connectivity index (χ3v) is 3.66. The van der Waals surface area contributed by atoms with E-state index >= 15 is 0 Å². The second kappa shape index (κ2) is 5.08. The van der Waals surface area contributed by atoms with Gasteiger partial charge in [0.2, 0.25) is 5.91 Å². The Kier molecular flexibility index (Phi) is 3.30. The van der Waals surface area contributed by atoms with Gasteiger partial charge in [-0.1, -0.05) is 24.3 Å². The topological polar surface area (TPSA) is 50.4 Å². The van der Waals surface area contributed by atoms with E-state index in [1.165, 1.54) is 11.1 Å². The second-order valence-corrected chi connectivity index (χ2v) is 4.92. The summed E-state index contributed by atoms with van der Waals surface area (Å²) in [7, 11) is 0. The lowest BCUT2D eigenvalue weighted by Crippen LogP contribution is -2.36. The van der Waals surface area contributed by atoms with Crippen LogP contribution in [0.25, 0.3) is 0 Å². The normalized spacial score (nSPS) is 26.8. The van der Waals surface area contributed by atoms with Crippen molar-refractivity contribution < 1.29 is 9.53 Å². The molecule has 0 aliphatic carbocycles. The summed E-state index contributed by atoms with van der Waals surface area (Å²) in [6.45, 7) is 2.29. The van der Waals surface area contributed by atoms with Crippen molar-refractivity contribution in [3.8, 4) is 0 Å². The summed E-state index contributed by atoms with van der Waals surface area (Å²) in [4.78, 5) is 11.1. The quantitative estimate of drug-likeness (QED) is 0.828. The number of benzene rings is 1. The molecule has 2 N–H and O–H groups in total. The van der Waals surface area contributed by atoms with E-state index in [1.807, 2.05) is 0 Å². The van der Waals surface area contributed by atoms with Gasteiger partial charge in [0, 0.05) is 25.6 Å². The van der Waals surface area contributed by atoms with E-state index in [2.05, 4.69) is 34.9 Å². The molecule has 1 saturated heterocycles. The first-order valence-electron chi connectivity index (χ1n) is 6.52. The number of rotatable bonds is 3. The molecule has 4 nitrogen and oxygen atoms in total. The lowest BCUT2D eigenvalue weighted by molar-refractivity contribution is -0.119. The van der Waals surface area contributed by atoms with Crippen molar-refractivity contribution in [2.75, 3.05) is 19.7 Å². The van der Waals surface area contributed by atoms with Crippen LogP contribution in [0.3, 0.4) is 0 Å². The van der Waals surface area contributed by atoms with Crippen LogP contribution in [0.5, 0.6) is 0 Å². The van der Waals surface area contributed by atoms with Gasteiger partial charge in [0.25, 0.3) is 0 Å². The van der Waals surface area contributed by atoms with Crippen molar-refractivity contribution >= 4 is 5.91 Å². The minimum absolute atomic E-state index is 0.116. The first-order valence-corrected chi connectivity index (χ1v) is 6.52. The van der Waals surface area contributed by atoms with Crippen LogP contribution in [0, 0.1) is 0 Å². The molecule has 2 unspecified atom stereocenters. The Hall–Kier alpha value is -1.39. The lowest BCUT2D eigenvalue weighted by atomic mass is 9.97. The fourth-order valence-electron chi connectivity index (χ4n) is 2.67. The second-order valence-electron chi connectivity index (χ2n) is 4.92. The molecule has 1 aromatic carbocycles. The molecule has 2 atom stereocenters. The summed E-state index contributed by atoms with van der Waals surface area (Å²) in [6.07, 6.45) is 1.69. The van der Waals surface area contributed by atoms with Crippen LogP contribution in [0.2, 0.25) is 0 Å². The predicted octanol–water partition coefficient (Wildman–Crippen LogP) is 0.778. The summed E-state index contributed by atoms with van der Waals surface area (Å²) >= 11 is 0. The van der Waals surface area contributed by atoms with Crippen LogP contribution >= 0.6 is 0 Å². The minimum atomic E-state index is 0.116. The average molecular weight is 246 g/mol. The smallest absolute Gasteiger partial charge is 0.221 e. The van der Waals surface area contributed by atoms with E-state index in [1.54, 1.807) is 0 Å². The van der Waals surface area contributed by atoms with E-state index < -0.39 is 0 Å². The maximum absolute atomic E-state index is 11.1. The largest absolute Gasteiger partial charge is 0.372 e. The zero-order chi connectivity index (χ0) is 12.4. The molecule has 2 aliphatic heterocycles. The molecule has 2 heterocycles. The van der Waals surface area contributed by atoms with E-state index in [4.69, 9.17) is 4.74 Å². The van der Waals surface area contributed by atoms with Crippen molar-refractivity contribution in [3.05, 3.63) is 35.4 Å². The van der Waals surface area contributed by atoms with Crippen LogP contribution in [0.15, 0.2) is 24.3 Å². The molecule has 0 saturated carbocycles. The molecule has 1 aromatic rings. The molecule has 2 aliphatic rings. The van der Waals surface area contributed by atoms with Crippen LogP contribution in [-0.4, -0.2) is 31.6 Å². The Morgan fingerprint density at radius 3 is 3.11 bits per heavy atom. The van der Waals surface area contributed by atoms with Crippen LogP contribution in [-0.2, 0) is 16.0 Å². The maximum atomic E-state index is 11.1. The lowest BCUT2D eigenvalue weighted by Gasteiger charge is -2.27. The molecule has 0 radical (unpaired) electrons. The molecule has 0 aromatic heterocycles. The summed E-state index contributed by atoms with van der Waals surface area (Å²) < 4.78 is 5.82. The Morgan fingerprint density at radius 2 is 2.28 bits per heavy atom. The minimum Gasteiger partial charge on any atom is -0.372 e. The molecule has 3 rings (SSSR count). The Bertz CT molecular complexity index is 447. The first kappa shape index (κ1) is 11.7. The number of hydrogen-bond donors (Lipinski definition) is 2. The maximum Gasteiger partial charge on any atom is 0.221 e. The zero-order valence-electron chi connectivity index (χ0n) is 10.3. The standard InChI is InChI=1S/C14H18N2O2/c17-14-7-11(8-16-14)15-9-13-12-4-2-1-3-10(12)5-6-18-13/h1-4,11,13,15H,5-9H2,(H,16,17). The summed E-state index contributed by atoms with van der Waals surface area (Å²) in [5.74, 6) is 0.137. The third-order valence-electron chi connectivity index (χ3n) is 3.66. The molecule has 0 spiro atoms. The zero-order valence-corrected chi connectivity index (χ0v) is 10.3. The molecule has 1 amide bonds. The van der Waals surface area contributed by atoms with Gasteiger partial charge in [0.15, 0.2) is 0 Å². The predicted molar refractivity (Wildman–Crippen MR) is 68.3 cm³/mol. The van der Waals surface area contributed by atoms with Crippen molar-refractivity contribution in [3.63, 3.8) is 0 Å². The van der Waals surface area contributed by atoms with Gasteiger partial charge >= 0.3 is 0 Å². The highest BCUT2D eigenvalue weighted by molar-refractivity contribution is 5.78. The van der Waals surface area contributed by atoms with Crippen molar-refractivity contribution in [2.45, 2.75) is 25.0 Å². The van der Waals surface area contributed by atoms with Gasteiger partial charge < -0.3 is 15.4 Å². The molecule has 0 bridgehead atoms. The van der Waals surface area contributed by atoms with Crippen LogP contribution in [0.4, 0.5) is 0 Å². The molecule has 4 heteroatoms. The number of fused-ring (bicyclic) bond motifs is 1. The van der Waals surface area contributed by atoms with E-state index in [0.717, 1.165) is 26.1 Å². The summed E-state index contributed by atoms with van der Waals surface area (Å²) in [6, 6.07) is 8.69. The monoisotopic (exact) mass is 246 g/mol. The number of carbonyl (C=O) groups is 1. The van der Waals surface area contributed by atoms with Crippen LogP contribution < -0.4 is 10.6 Å². The average Bonchev–Trinajstić information content (AvgIpc) is 2.82. The number of nitrogens with one attached hydrogen (secondary N) is 2. The van der Waals surface area contributed by atoms with E-state index in [0.29, 0.717) is 6.42 Å². The van der Waals surface area contributed by atoms with Gasteiger partial charge in [0.1, 0.15) is 0 Å². The van der Waals surface area contributed by atoms with E-state index in [-0.39, 0.29) is 18.1 Å². The fourth-order valence-corrected chi connectivity index (χ4v) is 2.67. The number of hydrogen-bond acceptors (Lipinski definition) is 3. The number of carbonyl (C=O) groups excluding carboxylic acids is 1. The highest BCUT2D eigenvalue weighted by Gasteiger charge is 2.24.